The molecule has 0 spiro atoms. The van der Waals surface area contributed by atoms with Gasteiger partial charge in [-0.3, -0.25) is 9.59 Å². The van der Waals surface area contributed by atoms with E-state index in [0.29, 0.717) is 31.6 Å². The molecule has 5 nitrogen and oxygen atoms in total. The maximum atomic E-state index is 12.2. The van der Waals surface area contributed by atoms with E-state index >= 15 is 0 Å². The number of hydrogen-bond acceptors (Lipinski definition) is 3. The second-order valence-corrected chi connectivity index (χ2v) is 4.78. The number of carboxylic acid groups (broad SMARTS) is 1. The third kappa shape index (κ3) is 3.54. The van der Waals surface area contributed by atoms with Crippen molar-refractivity contribution < 1.29 is 19.4 Å². The van der Waals surface area contributed by atoms with Gasteiger partial charge in [0.15, 0.2) is 0 Å². The fourth-order valence-corrected chi connectivity index (χ4v) is 2.30. The van der Waals surface area contributed by atoms with Crippen molar-refractivity contribution in [3.05, 3.63) is 35.9 Å². The molecule has 0 aromatic heterocycles. The van der Waals surface area contributed by atoms with Crippen LogP contribution in [0.15, 0.2) is 30.3 Å². The smallest absolute Gasteiger partial charge is 0.305 e. The van der Waals surface area contributed by atoms with Gasteiger partial charge in [-0.2, -0.15) is 0 Å². The van der Waals surface area contributed by atoms with Crippen molar-refractivity contribution in [3.63, 3.8) is 0 Å². The number of carbonyl (C=O) groups is 2. The van der Waals surface area contributed by atoms with Crippen LogP contribution in [0.25, 0.3) is 0 Å². The SMILES string of the molecule is O=C(O)CC1(NC(=O)c2ccccc2)CCOCC1. The van der Waals surface area contributed by atoms with E-state index in [1.54, 1.807) is 24.3 Å². The molecule has 0 radical (unpaired) electrons. The van der Waals surface area contributed by atoms with Gasteiger partial charge in [-0.05, 0) is 25.0 Å². The van der Waals surface area contributed by atoms with Crippen LogP contribution in [0.5, 0.6) is 0 Å². The molecule has 1 amide bonds. The van der Waals surface area contributed by atoms with Crippen molar-refractivity contribution in [2.45, 2.75) is 24.8 Å². The molecule has 1 saturated heterocycles. The predicted molar refractivity (Wildman–Crippen MR) is 68.9 cm³/mol. The van der Waals surface area contributed by atoms with E-state index in [-0.39, 0.29) is 12.3 Å². The number of nitrogens with one attached hydrogen (secondary N) is 1. The fourth-order valence-electron chi connectivity index (χ4n) is 2.30. The summed E-state index contributed by atoms with van der Waals surface area (Å²) in [6, 6.07) is 8.82. The molecule has 0 saturated carbocycles. The van der Waals surface area contributed by atoms with Crippen molar-refractivity contribution in [1.29, 1.82) is 0 Å². The molecule has 1 fully saturated rings. The molecule has 19 heavy (non-hydrogen) atoms. The Morgan fingerprint density at radius 2 is 1.84 bits per heavy atom. The molecular formula is C14H17NO4. The summed E-state index contributed by atoms with van der Waals surface area (Å²) in [5, 5.41) is 11.9. The zero-order chi connectivity index (χ0) is 13.7. The molecule has 2 rings (SSSR count). The number of hydrogen-bond donors (Lipinski definition) is 2. The summed E-state index contributed by atoms with van der Waals surface area (Å²) < 4.78 is 5.25. The number of aliphatic carboxylic acids is 1. The number of carboxylic acids is 1. The van der Waals surface area contributed by atoms with Crippen LogP contribution in [-0.2, 0) is 9.53 Å². The van der Waals surface area contributed by atoms with E-state index < -0.39 is 11.5 Å². The van der Waals surface area contributed by atoms with E-state index in [2.05, 4.69) is 5.32 Å². The Kier molecular flexibility index (Phi) is 4.16. The van der Waals surface area contributed by atoms with Crippen LogP contribution in [0.1, 0.15) is 29.6 Å². The van der Waals surface area contributed by atoms with Crippen LogP contribution in [0.2, 0.25) is 0 Å². The van der Waals surface area contributed by atoms with Crippen LogP contribution < -0.4 is 5.32 Å². The Morgan fingerprint density at radius 1 is 1.21 bits per heavy atom. The molecular weight excluding hydrogens is 246 g/mol. The van der Waals surface area contributed by atoms with Crippen LogP contribution in [0.3, 0.4) is 0 Å². The average Bonchev–Trinajstić information content (AvgIpc) is 2.39. The first kappa shape index (κ1) is 13.5. The lowest BCUT2D eigenvalue weighted by Crippen LogP contribution is -2.53. The van der Waals surface area contributed by atoms with E-state index in [1.807, 2.05) is 6.07 Å². The summed E-state index contributed by atoms with van der Waals surface area (Å²) >= 11 is 0. The van der Waals surface area contributed by atoms with E-state index in [4.69, 9.17) is 9.84 Å². The molecule has 1 aromatic rings. The molecule has 0 aliphatic carbocycles. The highest BCUT2D eigenvalue weighted by molar-refractivity contribution is 5.95. The molecule has 0 atom stereocenters. The van der Waals surface area contributed by atoms with Gasteiger partial charge in [0.05, 0.1) is 12.0 Å². The van der Waals surface area contributed by atoms with Crippen LogP contribution in [0.4, 0.5) is 0 Å². The molecule has 1 aromatic carbocycles. The first-order valence-electron chi connectivity index (χ1n) is 6.28. The highest BCUT2D eigenvalue weighted by atomic mass is 16.5. The van der Waals surface area contributed by atoms with Gasteiger partial charge in [-0.15, -0.1) is 0 Å². The molecule has 2 N–H and O–H groups in total. The van der Waals surface area contributed by atoms with Gasteiger partial charge in [0.1, 0.15) is 0 Å². The minimum absolute atomic E-state index is 0.0745. The standard InChI is InChI=1S/C14H17NO4/c16-12(17)10-14(6-8-19-9-7-14)15-13(18)11-4-2-1-3-5-11/h1-5H,6-10H2,(H,15,18)(H,16,17). The minimum Gasteiger partial charge on any atom is -0.481 e. The average molecular weight is 263 g/mol. The molecule has 1 aliphatic rings. The topological polar surface area (TPSA) is 75.6 Å². The summed E-state index contributed by atoms with van der Waals surface area (Å²) in [6.07, 6.45) is 0.977. The van der Waals surface area contributed by atoms with E-state index in [1.165, 1.54) is 0 Å². The maximum Gasteiger partial charge on any atom is 0.305 e. The molecule has 5 heteroatoms. The van der Waals surface area contributed by atoms with Crippen molar-refractivity contribution in [1.82, 2.24) is 5.32 Å². The lowest BCUT2D eigenvalue weighted by atomic mass is 9.86. The summed E-state index contributed by atoms with van der Waals surface area (Å²) in [7, 11) is 0. The summed E-state index contributed by atoms with van der Waals surface area (Å²) in [5.41, 5.74) is -0.157. The third-order valence-corrected chi connectivity index (χ3v) is 3.35. The maximum absolute atomic E-state index is 12.2. The Balaban J connectivity index is 2.11. The Morgan fingerprint density at radius 3 is 2.42 bits per heavy atom. The number of ether oxygens (including phenoxy) is 1. The van der Waals surface area contributed by atoms with Gasteiger partial charge in [0.2, 0.25) is 0 Å². The van der Waals surface area contributed by atoms with Crippen molar-refractivity contribution >= 4 is 11.9 Å². The number of carbonyl (C=O) groups excluding carboxylic acids is 1. The third-order valence-electron chi connectivity index (χ3n) is 3.35. The number of rotatable bonds is 4. The van der Waals surface area contributed by atoms with Gasteiger partial charge in [0, 0.05) is 18.8 Å². The molecule has 1 aliphatic heterocycles. The summed E-state index contributed by atoms with van der Waals surface area (Å²) in [5.74, 6) is -1.14. The van der Waals surface area contributed by atoms with Gasteiger partial charge < -0.3 is 15.2 Å². The van der Waals surface area contributed by atoms with Crippen molar-refractivity contribution in [3.8, 4) is 0 Å². The van der Waals surface area contributed by atoms with E-state index in [0.717, 1.165) is 0 Å². The second-order valence-electron chi connectivity index (χ2n) is 4.78. The first-order valence-corrected chi connectivity index (χ1v) is 6.28. The van der Waals surface area contributed by atoms with Crippen molar-refractivity contribution in [2.75, 3.05) is 13.2 Å². The highest BCUT2D eigenvalue weighted by Crippen LogP contribution is 2.25. The number of benzene rings is 1. The minimum atomic E-state index is -0.907. The zero-order valence-corrected chi connectivity index (χ0v) is 10.6. The molecule has 0 bridgehead atoms. The molecule has 1 heterocycles. The Bertz CT molecular complexity index is 452. The lowest BCUT2D eigenvalue weighted by Gasteiger charge is -2.36. The van der Waals surface area contributed by atoms with Gasteiger partial charge >= 0.3 is 5.97 Å². The normalized spacial score (nSPS) is 17.7. The fraction of sp³-hybridized carbons (Fsp3) is 0.429. The first-order chi connectivity index (χ1) is 9.11. The Labute approximate surface area is 111 Å². The summed E-state index contributed by atoms with van der Waals surface area (Å²) in [4.78, 5) is 23.2. The lowest BCUT2D eigenvalue weighted by molar-refractivity contribution is -0.139. The van der Waals surface area contributed by atoms with Gasteiger partial charge in [-0.1, -0.05) is 18.2 Å². The van der Waals surface area contributed by atoms with Crippen LogP contribution in [0, 0.1) is 0 Å². The summed E-state index contributed by atoms with van der Waals surface area (Å²) in [6.45, 7) is 0.949. The Hall–Kier alpha value is -1.88. The largest absolute Gasteiger partial charge is 0.481 e. The van der Waals surface area contributed by atoms with Gasteiger partial charge in [-0.25, -0.2) is 0 Å². The second kappa shape index (κ2) is 5.84. The molecule has 0 unspecified atom stereocenters. The van der Waals surface area contributed by atoms with Gasteiger partial charge in [0.25, 0.3) is 5.91 Å². The van der Waals surface area contributed by atoms with Crippen LogP contribution >= 0.6 is 0 Å². The zero-order valence-electron chi connectivity index (χ0n) is 10.6. The number of amides is 1. The van der Waals surface area contributed by atoms with Crippen LogP contribution in [-0.4, -0.2) is 35.7 Å². The highest BCUT2D eigenvalue weighted by Gasteiger charge is 2.36. The van der Waals surface area contributed by atoms with Crippen molar-refractivity contribution in [2.24, 2.45) is 0 Å². The molecule has 102 valence electrons. The predicted octanol–water partition coefficient (Wildman–Crippen LogP) is 1.44. The quantitative estimate of drug-likeness (QED) is 0.862. The van der Waals surface area contributed by atoms with E-state index in [9.17, 15) is 9.59 Å². The monoisotopic (exact) mass is 263 g/mol.